The summed E-state index contributed by atoms with van der Waals surface area (Å²) in [5.41, 5.74) is 0.922. The first-order chi connectivity index (χ1) is 9.27. The molecule has 0 radical (unpaired) electrons. The van der Waals surface area contributed by atoms with Crippen LogP contribution in [0.5, 0.6) is 5.75 Å². The van der Waals surface area contributed by atoms with E-state index in [4.69, 9.17) is 14.2 Å². The topological polar surface area (TPSA) is 47.9 Å². The van der Waals surface area contributed by atoms with Gasteiger partial charge in [-0.3, -0.25) is 0 Å². The van der Waals surface area contributed by atoms with Gasteiger partial charge in [0.15, 0.2) is 0 Å². The van der Waals surface area contributed by atoms with Gasteiger partial charge in [0, 0.05) is 20.3 Å². The molecule has 0 aliphatic rings. The van der Waals surface area contributed by atoms with Crippen molar-refractivity contribution < 1.29 is 19.3 Å². The van der Waals surface area contributed by atoms with Crippen LogP contribution in [-0.2, 0) is 9.47 Å². The molecule has 19 heavy (non-hydrogen) atoms. The highest BCUT2D eigenvalue weighted by Gasteiger charge is 2.04. The van der Waals surface area contributed by atoms with Crippen LogP contribution < -0.4 is 4.74 Å². The fourth-order valence-electron chi connectivity index (χ4n) is 1.65. The monoisotopic (exact) mass is 268 g/mol. The predicted octanol–water partition coefficient (Wildman–Crippen LogP) is 2.56. The fourth-order valence-corrected chi connectivity index (χ4v) is 1.65. The number of aliphatic hydroxyl groups excluding tert-OH is 1. The van der Waals surface area contributed by atoms with E-state index in [1.807, 2.05) is 31.2 Å². The Hall–Kier alpha value is -1.10. The van der Waals surface area contributed by atoms with Crippen LogP contribution in [0.1, 0.15) is 31.4 Å². The van der Waals surface area contributed by atoms with E-state index in [1.54, 1.807) is 7.11 Å². The van der Waals surface area contributed by atoms with Crippen molar-refractivity contribution >= 4 is 0 Å². The van der Waals surface area contributed by atoms with Crippen LogP contribution in [0, 0.1) is 0 Å². The molecule has 1 N–H and O–H groups in total. The molecule has 0 aliphatic carbocycles. The van der Waals surface area contributed by atoms with E-state index in [0.717, 1.165) is 30.8 Å². The minimum absolute atomic E-state index is 0.391. The smallest absolute Gasteiger partial charge is 0.119 e. The summed E-state index contributed by atoms with van der Waals surface area (Å²) in [6.07, 6.45) is 1.23. The van der Waals surface area contributed by atoms with Gasteiger partial charge in [0.1, 0.15) is 12.4 Å². The quantitative estimate of drug-likeness (QED) is 0.663. The molecule has 4 heteroatoms. The summed E-state index contributed by atoms with van der Waals surface area (Å²) in [6, 6.07) is 7.53. The summed E-state index contributed by atoms with van der Waals surface area (Å²) < 4.78 is 15.9. The Labute approximate surface area is 115 Å². The van der Waals surface area contributed by atoms with E-state index < -0.39 is 6.10 Å². The maximum Gasteiger partial charge on any atom is 0.119 e. The molecule has 0 unspecified atom stereocenters. The van der Waals surface area contributed by atoms with E-state index in [2.05, 4.69) is 0 Å². The lowest BCUT2D eigenvalue weighted by atomic mass is 10.1. The Kier molecular flexibility index (Phi) is 8.21. The minimum atomic E-state index is -0.391. The second kappa shape index (κ2) is 9.78. The summed E-state index contributed by atoms with van der Waals surface area (Å²) in [5, 5.41) is 9.67. The predicted molar refractivity (Wildman–Crippen MR) is 74.5 cm³/mol. The van der Waals surface area contributed by atoms with Gasteiger partial charge in [0.2, 0.25) is 0 Å². The van der Waals surface area contributed by atoms with Crippen LogP contribution in [0.25, 0.3) is 0 Å². The van der Waals surface area contributed by atoms with Gasteiger partial charge < -0.3 is 19.3 Å². The third-order valence-corrected chi connectivity index (χ3v) is 2.79. The second-order valence-corrected chi connectivity index (χ2v) is 4.30. The van der Waals surface area contributed by atoms with Crippen molar-refractivity contribution in [3.8, 4) is 5.75 Å². The molecule has 0 saturated heterocycles. The molecule has 1 rings (SSSR count). The Bertz CT molecular complexity index is 323. The van der Waals surface area contributed by atoms with Crippen molar-refractivity contribution in [1.29, 1.82) is 0 Å². The van der Waals surface area contributed by atoms with Gasteiger partial charge in [-0.1, -0.05) is 19.1 Å². The normalized spacial score (nSPS) is 12.4. The number of rotatable bonds is 10. The van der Waals surface area contributed by atoms with E-state index in [1.165, 1.54) is 0 Å². The lowest BCUT2D eigenvalue weighted by Crippen LogP contribution is -2.08. The molecule has 0 saturated carbocycles. The van der Waals surface area contributed by atoms with Gasteiger partial charge in [-0.05, 0) is 30.5 Å². The first-order valence-electron chi connectivity index (χ1n) is 6.75. The van der Waals surface area contributed by atoms with Crippen LogP contribution >= 0.6 is 0 Å². The van der Waals surface area contributed by atoms with E-state index in [0.29, 0.717) is 19.8 Å². The molecular formula is C15H24O4. The Morgan fingerprint density at radius 3 is 2.42 bits per heavy atom. The van der Waals surface area contributed by atoms with Crippen LogP contribution in [0.4, 0.5) is 0 Å². The minimum Gasteiger partial charge on any atom is -0.491 e. The highest BCUT2D eigenvalue weighted by atomic mass is 16.5. The van der Waals surface area contributed by atoms with E-state index in [-0.39, 0.29) is 0 Å². The van der Waals surface area contributed by atoms with Crippen molar-refractivity contribution in [3.63, 3.8) is 0 Å². The number of hydrogen-bond acceptors (Lipinski definition) is 4. The molecule has 1 atom stereocenters. The van der Waals surface area contributed by atoms with Gasteiger partial charge in [-0.2, -0.15) is 0 Å². The van der Waals surface area contributed by atoms with Crippen LogP contribution in [-0.4, -0.2) is 38.6 Å². The molecule has 0 aliphatic heterocycles. The van der Waals surface area contributed by atoms with Crippen molar-refractivity contribution in [3.05, 3.63) is 29.8 Å². The SMILES string of the molecule is CC[C@H](O)c1ccc(OCCOCCCOC)cc1. The van der Waals surface area contributed by atoms with Crippen LogP contribution in [0.2, 0.25) is 0 Å². The van der Waals surface area contributed by atoms with Crippen molar-refractivity contribution in [2.45, 2.75) is 25.9 Å². The third-order valence-electron chi connectivity index (χ3n) is 2.79. The highest BCUT2D eigenvalue weighted by molar-refractivity contribution is 5.28. The first kappa shape index (κ1) is 16.0. The van der Waals surface area contributed by atoms with E-state index >= 15 is 0 Å². The molecule has 1 aromatic rings. The molecule has 0 bridgehead atoms. The zero-order chi connectivity index (χ0) is 13.9. The number of ether oxygens (including phenoxy) is 3. The lowest BCUT2D eigenvalue weighted by molar-refractivity contribution is 0.0806. The summed E-state index contributed by atoms with van der Waals surface area (Å²) in [5.74, 6) is 0.799. The highest BCUT2D eigenvalue weighted by Crippen LogP contribution is 2.19. The average Bonchev–Trinajstić information content (AvgIpc) is 2.46. The fraction of sp³-hybridized carbons (Fsp3) is 0.600. The molecule has 0 aromatic heterocycles. The van der Waals surface area contributed by atoms with Gasteiger partial charge in [0.25, 0.3) is 0 Å². The van der Waals surface area contributed by atoms with Gasteiger partial charge in [-0.25, -0.2) is 0 Å². The molecule has 4 nitrogen and oxygen atoms in total. The molecule has 108 valence electrons. The Morgan fingerprint density at radius 1 is 1.05 bits per heavy atom. The van der Waals surface area contributed by atoms with Crippen LogP contribution in [0.3, 0.4) is 0 Å². The van der Waals surface area contributed by atoms with Crippen molar-refractivity contribution in [1.82, 2.24) is 0 Å². The second-order valence-electron chi connectivity index (χ2n) is 4.30. The number of methoxy groups -OCH3 is 1. The standard InChI is InChI=1S/C15H24O4/c1-3-15(16)13-5-7-14(8-6-13)19-12-11-18-10-4-9-17-2/h5-8,15-16H,3-4,9-12H2,1-2H3/t15-/m0/s1. The summed E-state index contributed by atoms with van der Waals surface area (Å²) in [7, 11) is 1.68. The maximum atomic E-state index is 9.67. The zero-order valence-corrected chi connectivity index (χ0v) is 11.8. The molecule has 0 heterocycles. The van der Waals surface area contributed by atoms with Gasteiger partial charge in [-0.15, -0.1) is 0 Å². The van der Waals surface area contributed by atoms with Gasteiger partial charge in [0.05, 0.1) is 12.7 Å². The summed E-state index contributed by atoms with van der Waals surface area (Å²) in [4.78, 5) is 0. The average molecular weight is 268 g/mol. The van der Waals surface area contributed by atoms with Crippen molar-refractivity contribution in [2.75, 3.05) is 33.5 Å². The largest absolute Gasteiger partial charge is 0.491 e. The van der Waals surface area contributed by atoms with Crippen molar-refractivity contribution in [2.24, 2.45) is 0 Å². The molecule has 0 amide bonds. The lowest BCUT2D eigenvalue weighted by Gasteiger charge is -2.10. The summed E-state index contributed by atoms with van der Waals surface area (Å²) in [6.45, 7) is 4.47. The molecular weight excluding hydrogens is 244 g/mol. The molecule has 1 aromatic carbocycles. The number of hydrogen-bond donors (Lipinski definition) is 1. The summed E-state index contributed by atoms with van der Waals surface area (Å²) >= 11 is 0. The van der Waals surface area contributed by atoms with E-state index in [9.17, 15) is 5.11 Å². The Balaban J connectivity index is 2.16. The molecule has 0 spiro atoms. The number of benzene rings is 1. The van der Waals surface area contributed by atoms with Crippen LogP contribution in [0.15, 0.2) is 24.3 Å². The molecule has 0 fully saturated rings. The first-order valence-corrected chi connectivity index (χ1v) is 6.75. The Morgan fingerprint density at radius 2 is 1.79 bits per heavy atom. The third kappa shape index (κ3) is 6.57. The van der Waals surface area contributed by atoms with Gasteiger partial charge >= 0.3 is 0 Å². The maximum absolute atomic E-state index is 9.67. The zero-order valence-electron chi connectivity index (χ0n) is 11.8. The number of aliphatic hydroxyl groups is 1.